The number of esters is 1. The third-order valence-corrected chi connectivity index (χ3v) is 2.98. The van der Waals surface area contributed by atoms with E-state index in [4.69, 9.17) is 10.6 Å². The molecule has 1 saturated carbocycles. The van der Waals surface area contributed by atoms with Crippen LogP contribution in [-0.2, 0) is 9.53 Å². The molecule has 1 rings (SSSR count). The molecule has 1 aliphatic carbocycles. The van der Waals surface area contributed by atoms with Gasteiger partial charge in [0.2, 0.25) is 0 Å². The molecule has 0 unspecified atom stereocenters. The van der Waals surface area contributed by atoms with Crippen molar-refractivity contribution in [1.29, 1.82) is 0 Å². The second-order valence-corrected chi connectivity index (χ2v) is 4.09. The van der Waals surface area contributed by atoms with Gasteiger partial charge in [0.15, 0.2) is 0 Å². The predicted octanol–water partition coefficient (Wildman–Crippen LogP) is -0.0238. The zero-order valence-corrected chi connectivity index (χ0v) is 9.29. The first-order valence-corrected chi connectivity index (χ1v) is 5.50. The Morgan fingerprint density at radius 3 is 3.00 bits per heavy atom. The van der Waals surface area contributed by atoms with Crippen LogP contribution in [0.25, 0.3) is 0 Å². The Labute approximate surface area is 90.7 Å². The van der Waals surface area contributed by atoms with Gasteiger partial charge in [-0.2, -0.15) is 0 Å². The number of rotatable bonds is 5. The molecule has 88 valence electrons. The Bertz CT molecular complexity index is 199. The summed E-state index contributed by atoms with van der Waals surface area (Å²) in [5.41, 5.74) is 2.55. The van der Waals surface area contributed by atoms with E-state index >= 15 is 0 Å². The lowest BCUT2D eigenvalue weighted by atomic mass is 9.81. The fourth-order valence-electron chi connectivity index (χ4n) is 2.21. The summed E-state index contributed by atoms with van der Waals surface area (Å²) in [6.07, 6.45) is 4.20. The lowest BCUT2D eigenvalue weighted by molar-refractivity contribution is -0.147. The van der Waals surface area contributed by atoms with Crippen LogP contribution in [0.1, 0.15) is 25.7 Å². The zero-order valence-electron chi connectivity index (χ0n) is 9.29. The summed E-state index contributed by atoms with van der Waals surface area (Å²) in [4.78, 5) is 11.4. The van der Waals surface area contributed by atoms with Crippen LogP contribution in [-0.4, -0.2) is 26.3 Å². The van der Waals surface area contributed by atoms with Crippen LogP contribution < -0.4 is 16.6 Å². The number of carbonyl (C=O) groups is 1. The van der Waals surface area contributed by atoms with Gasteiger partial charge in [0, 0.05) is 0 Å². The van der Waals surface area contributed by atoms with Gasteiger partial charge in [0.25, 0.3) is 0 Å². The van der Waals surface area contributed by atoms with Gasteiger partial charge in [-0.05, 0) is 31.7 Å². The summed E-state index contributed by atoms with van der Waals surface area (Å²) < 4.78 is 4.77. The predicted molar refractivity (Wildman–Crippen MR) is 57.7 cm³/mol. The average molecular weight is 215 g/mol. The first kappa shape index (κ1) is 12.4. The van der Waals surface area contributed by atoms with E-state index in [1.165, 1.54) is 13.5 Å². The summed E-state index contributed by atoms with van der Waals surface area (Å²) >= 11 is 0. The number of methoxy groups -OCH3 is 1. The maximum absolute atomic E-state index is 11.4. The van der Waals surface area contributed by atoms with Crippen molar-refractivity contribution in [2.75, 3.05) is 20.3 Å². The van der Waals surface area contributed by atoms with Crippen LogP contribution in [0.4, 0.5) is 0 Å². The smallest absolute Gasteiger partial charge is 0.308 e. The van der Waals surface area contributed by atoms with E-state index in [0.29, 0.717) is 12.6 Å². The second kappa shape index (κ2) is 6.76. The molecule has 0 amide bonds. The highest BCUT2D eigenvalue weighted by Gasteiger charge is 2.27. The third kappa shape index (κ3) is 4.15. The van der Waals surface area contributed by atoms with E-state index < -0.39 is 0 Å². The molecule has 2 atom stereocenters. The number of nitrogens with one attached hydrogen (secondary N) is 2. The number of nitrogens with two attached hydrogens (primary N) is 1. The van der Waals surface area contributed by atoms with Crippen molar-refractivity contribution < 1.29 is 9.53 Å². The number of hydrogen-bond acceptors (Lipinski definition) is 5. The monoisotopic (exact) mass is 215 g/mol. The summed E-state index contributed by atoms with van der Waals surface area (Å²) in [7, 11) is 1.46. The van der Waals surface area contributed by atoms with E-state index in [0.717, 1.165) is 25.8 Å². The Hall–Kier alpha value is -0.650. The first-order valence-electron chi connectivity index (χ1n) is 5.50. The van der Waals surface area contributed by atoms with Crippen LogP contribution in [0, 0.1) is 11.8 Å². The number of hydrogen-bond donors (Lipinski definition) is 3. The minimum Gasteiger partial charge on any atom is -0.469 e. The molecule has 0 bridgehead atoms. The van der Waals surface area contributed by atoms with Crippen LogP contribution in [0.15, 0.2) is 0 Å². The van der Waals surface area contributed by atoms with Crippen LogP contribution in [0.5, 0.6) is 0 Å². The van der Waals surface area contributed by atoms with Crippen molar-refractivity contribution in [1.82, 2.24) is 10.7 Å². The molecular weight excluding hydrogens is 194 g/mol. The summed E-state index contributed by atoms with van der Waals surface area (Å²) in [5.74, 6) is 5.76. The van der Waals surface area contributed by atoms with Gasteiger partial charge in [0.1, 0.15) is 0 Å². The summed E-state index contributed by atoms with van der Waals surface area (Å²) in [5, 5.41) is 3.19. The molecule has 0 aliphatic heterocycles. The largest absolute Gasteiger partial charge is 0.469 e. The molecule has 5 nitrogen and oxygen atoms in total. The highest BCUT2D eigenvalue weighted by Crippen LogP contribution is 2.29. The van der Waals surface area contributed by atoms with Gasteiger partial charge in [-0.25, -0.2) is 5.43 Å². The standard InChI is InChI=1S/C10H21N3O2/c1-15-10(14)9-4-2-3-8(5-9)6-12-7-13-11/h8-9,12-13H,2-7,11H2,1H3/t8-,9+/m0/s1. The van der Waals surface area contributed by atoms with Gasteiger partial charge >= 0.3 is 5.97 Å². The molecule has 0 aromatic rings. The lowest BCUT2D eigenvalue weighted by Crippen LogP contribution is -2.38. The molecule has 0 aromatic carbocycles. The van der Waals surface area contributed by atoms with Gasteiger partial charge in [-0.1, -0.05) is 6.42 Å². The minimum absolute atomic E-state index is 0.0587. The van der Waals surface area contributed by atoms with E-state index in [1.807, 2.05) is 0 Å². The molecule has 15 heavy (non-hydrogen) atoms. The lowest BCUT2D eigenvalue weighted by Gasteiger charge is -2.27. The van der Waals surface area contributed by atoms with Crippen molar-refractivity contribution >= 4 is 5.97 Å². The van der Waals surface area contributed by atoms with E-state index in [-0.39, 0.29) is 11.9 Å². The van der Waals surface area contributed by atoms with E-state index in [2.05, 4.69) is 10.7 Å². The van der Waals surface area contributed by atoms with Crippen LogP contribution in [0.2, 0.25) is 0 Å². The fraction of sp³-hybridized carbons (Fsp3) is 0.900. The quantitative estimate of drug-likeness (QED) is 0.197. The molecule has 0 aromatic heterocycles. The molecule has 1 fully saturated rings. The highest BCUT2D eigenvalue weighted by atomic mass is 16.5. The molecule has 0 radical (unpaired) electrons. The number of hydrazine groups is 1. The Morgan fingerprint density at radius 1 is 1.53 bits per heavy atom. The Kier molecular flexibility index (Phi) is 5.60. The first-order chi connectivity index (χ1) is 7.27. The number of ether oxygens (including phenoxy) is 1. The average Bonchev–Trinajstić information content (AvgIpc) is 2.29. The zero-order chi connectivity index (χ0) is 11.1. The van der Waals surface area contributed by atoms with Crippen molar-refractivity contribution in [3.63, 3.8) is 0 Å². The normalized spacial score (nSPS) is 26.3. The fourth-order valence-corrected chi connectivity index (χ4v) is 2.21. The maximum atomic E-state index is 11.4. The van der Waals surface area contributed by atoms with Crippen molar-refractivity contribution in [2.45, 2.75) is 25.7 Å². The van der Waals surface area contributed by atoms with E-state index in [1.54, 1.807) is 0 Å². The molecule has 5 heteroatoms. The summed E-state index contributed by atoms with van der Waals surface area (Å²) in [6, 6.07) is 0. The highest BCUT2D eigenvalue weighted by molar-refractivity contribution is 5.72. The van der Waals surface area contributed by atoms with Crippen molar-refractivity contribution in [3.8, 4) is 0 Å². The third-order valence-electron chi connectivity index (χ3n) is 2.98. The van der Waals surface area contributed by atoms with Crippen LogP contribution in [0.3, 0.4) is 0 Å². The topological polar surface area (TPSA) is 76.4 Å². The van der Waals surface area contributed by atoms with E-state index in [9.17, 15) is 4.79 Å². The molecule has 1 aliphatic rings. The Morgan fingerprint density at radius 2 is 2.33 bits per heavy atom. The molecule has 0 spiro atoms. The number of carbonyl (C=O) groups excluding carboxylic acids is 1. The minimum atomic E-state index is -0.0587. The SMILES string of the molecule is COC(=O)[C@@H]1CCC[C@H](CNCNN)C1. The van der Waals surface area contributed by atoms with Gasteiger partial charge in [0.05, 0.1) is 19.7 Å². The summed E-state index contributed by atoms with van der Waals surface area (Å²) in [6.45, 7) is 1.52. The Balaban J connectivity index is 2.26. The van der Waals surface area contributed by atoms with Gasteiger partial charge < -0.3 is 10.1 Å². The van der Waals surface area contributed by atoms with Gasteiger partial charge in [-0.15, -0.1) is 0 Å². The maximum Gasteiger partial charge on any atom is 0.308 e. The van der Waals surface area contributed by atoms with Gasteiger partial charge in [-0.3, -0.25) is 10.6 Å². The molecule has 0 heterocycles. The van der Waals surface area contributed by atoms with Crippen molar-refractivity contribution in [2.24, 2.45) is 17.7 Å². The molecule has 4 N–H and O–H groups in total. The molecular formula is C10H21N3O2. The van der Waals surface area contributed by atoms with Crippen molar-refractivity contribution in [3.05, 3.63) is 0 Å². The van der Waals surface area contributed by atoms with Crippen LogP contribution >= 0.6 is 0 Å². The molecule has 0 saturated heterocycles. The second-order valence-electron chi connectivity index (χ2n) is 4.09.